The lowest BCUT2D eigenvalue weighted by Gasteiger charge is -2.38. The van der Waals surface area contributed by atoms with Crippen molar-refractivity contribution in [2.75, 3.05) is 0 Å². The predicted octanol–water partition coefficient (Wildman–Crippen LogP) is 6.37. The van der Waals surface area contributed by atoms with Gasteiger partial charge in [-0.2, -0.15) is 5.10 Å². The van der Waals surface area contributed by atoms with Gasteiger partial charge in [-0.3, -0.25) is 0 Å². The summed E-state index contributed by atoms with van der Waals surface area (Å²) in [6.45, 7) is 0. The van der Waals surface area contributed by atoms with Gasteiger partial charge in [0, 0.05) is 22.0 Å². The molecule has 2 aliphatic rings. The molecule has 3 aromatic carbocycles. The third kappa shape index (κ3) is 2.93. The number of ether oxygens (including phenoxy) is 1. The SMILES string of the molecule is Fc1ccccc1[C@H]1Oc2ccc(Cl)cc2[C@@H]2CC(c3ccc(Cl)cc3)=NN12. The van der Waals surface area contributed by atoms with Crippen molar-refractivity contribution in [3.05, 3.63) is 99.3 Å². The van der Waals surface area contributed by atoms with Crippen LogP contribution in [0.15, 0.2) is 71.8 Å². The monoisotopic (exact) mass is 412 g/mol. The Morgan fingerprint density at radius 3 is 2.46 bits per heavy atom. The van der Waals surface area contributed by atoms with E-state index in [1.807, 2.05) is 41.4 Å². The first-order valence-electron chi connectivity index (χ1n) is 8.92. The zero-order chi connectivity index (χ0) is 19.3. The van der Waals surface area contributed by atoms with E-state index in [1.165, 1.54) is 6.07 Å². The van der Waals surface area contributed by atoms with Gasteiger partial charge in [-0.15, -0.1) is 0 Å². The third-order valence-electron chi connectivity index (χ3n) is 5.10. The highest BCUT2D eigenvalue weighted by molar-refractivity contribution is 6.31. The van der Waals surface area contributed by atoms with Crippen molar-refractivity contribution in [2.45, 2.75) is 18.7 Å². The summed E-state index contributed by atoms with van der Waals surface area (Å²) in [6.07, 6.45) is 0.0215. The second-order valence-corrected chi connectivity index (χ2v) is 7.70. The van der Waals surface area contributed by atoms with Gasteiger partial charge in [0.1, 0.15) is 11.6 Å². The Morgan fingerprint density at radius 2 is 1.68 bits per heavy atom. The largest absolute Gasteiger partial charge is 0.464 e. The molecule has 0 saturated carbocycles. The molecular formula is C22H15Cl2FN2O. The molecule has 0 bridgehead atoms. The van der Waals surface area contributed by atoms with Crippen LogP contribution >= 0.6 is 23.2 Å². The highest BCUT2D eigenvalue weighted by Crippen LogP contribution is 2.48. The van der Waals surface area contributed by atoms with Gasteiger partial charge < -0.3 is 4.74 Å². The van der Waals surface area contributed by atoms with Gasteiger partial charge in [0.2, 0.25) is 6.23 Å². The number of rotatable bonds is 2. The molecule has 2 heterocycles. The summed E-state index contributed by atoms with van der Waals surface area (Å²) < 4.78 is 20.7. The van der Waals surface area contributed by atoms with Crippen molar-refractivity contribution < 1.29 is 9.13 Å². The molecule has 2 atom stereocenters. The van der Waals surface area contributed by atoms with Crippen molar-refractivity contribution in [3.63, 3.8) is 0 Å². The number of benzene rings is 3. The summed E-state index contributed by atoms with van der Waals surface area (Å²) in [5, 5.41) is 7.95. The van der Waals surface area contributed by atoms with Crippen LogP contribution in [0.3, 0.4) is 0 Å². The van der Waals surface area contributed by atoms with Gasteiger partial charge in [-0.1, -0.05) is 53.5 Å². The van der Waals surface area contributed by atoms with Gasteiger partial charge in [-0.05, 0) is 42.0 Å². The normalized spacial score (nSPS) is 20.2. The number of halogens is 3. The molecule has 0 unspecified atom stereocenters. The first-order valence-corrected chi connectivity index (χ1v) is 9.68. The summed E-state index contributed by atoms with van der Waals surface area (Å²) in [7, 11) is 0. The smallest absolute Gasteiger partial charge is 0.216 e. The van der Waals surface area contributed by atoms with Crippen LogP contribution in [-0.2, 0) is 0 Å². The van der Waals surface area contributed by atoms with Crippen molar-refractivity contribution in [1.29, 1.82) is 0 Å². The number of hydrogen-bond acceptors (Lipinski definition) is 3. The molecule has 5 rings (SSSR count). The number of nitrogens with zero attached hydrogens (tertiary/aromatic N) is 2. The van der Waals surface area contributed by atoms with E-state index in [4.69, 9.17) is 33.0 Å². The molecular weight excluding hydrogens is 398 g/mol. The molecule has 2 aliphatic heterocycles. The average molecular weight is 413 g/mol. The summed E-state index contributed by atoms with van der Waals surface area (Å²) in [6, 6.07) is 19.6. The van der Waals surface area contributed by atoms with E-state index in [2.05, 4.69) is 0 Å². The summed E-state index contributed by atoms with van der Waals surface area (Å²) >= 11 is 12.2. The minimum Gasteiger partial charge on any atom is -0.464 e. The molecule has 140 valence electrons. The molecule has 0 fully saturated rings. The fourth-order valence-electron chi connectivity index (χ4n) is 3.76. The van der Waals surface area contributed by atoms with E-state index in [0.717, 1.165) is 16.8 Å². The van der Waals surface area contributed by atoms with Gasteiger partial charge in [0.25, 0.3) is 0 Å². The average Bonchev–Trinajstić information content (AvgIpc) is 3.14. The molecule has 0 radical (unpaired) electrons. The summed E-state index contributed by atoms with van der Waals surface area (Å²) in [5.41, 5.74) is 3.29. The zero-order valence-electron chi connectivity index (χ0n) is 14.6. The highest BCUT2D eigenvalue weighted by Gasteiger charge is 2.41. The van der Waals surface area contributed by atoms with Crippen LogP contribution in [0.1, 0.15) is 35.4 Å². The Kier molecular flexibility index (Phi) is 4.26. The van der Waals surface area contributed by atoms with Crippen LogP contribution in [0.4, 0.5) is 4.39 Å². The highest BCUT2D eigenvalue weighted by atomic mass is 35.5. The molecule has 0 spiro atoms. The number of hydrazone groups is 1. The van der Waals surface area contributed by atoms with Gasteiger partial charge >= 0.3 is 0 Å². The van der Waals surface area contributed by atoms with Crippen LogP contribution < -0.4 is 4.74 Å². The van der Waals surface area contributed by atoms with Crippen LogP contribution in [0.25, 0.3) is 0 Å². The van der Waals surface area contributed by atoms with Gasteiger partial charge in [0.15, 0.2) is 0 Å². The molecule has 0 N–H and O–H groups in total. The lowest BCUT2D eigenvalue weighted by Crippen LogP contribution is -2.34. The summed E-state index contributed by atoms with van der Waals surface area (Å²) in [5.74, 6) is 0.380. The van der Waals surface area contributed by atoms with Crippen molar-refractivity contribution in [2.24, 2.45) is 5.10 Å². The fraction of sp³-hybridized carbons (Fsp3) is 0.136. The Balaban J connectivity index is 1.62. The van der Waals surface area contributed by atoms with E-state index >= 15 is 0 Å². The number of hydrogen-bond donors (Lipinski definition) is 0. The van der Waals surface area contributed by atoms with Gasteiger partial charge in [-0.25, -0.2) is 9.40 Å². The molecule has 28 heavy (non-hydrogen) atoms. The Bertz CT molecular complexity index is 1080. The molecule has 3 aromatic rings. The lowest BCUT2D eigenvalue weighted by atomic mass is 9.96. The standard InChI is InChI=1S/C22H15Cl2FN2O/c23-14-7-5-13(6-8-14)19-12-20-17-11-15(24)9-10-21(17)28-22(27(20)26-19)16-3-1-2-4-18(16)25/h1-11,20,22H,12H2/t20-,22+/m0/s1. The maximum absolute atomic E-state index is 14.5. The first kappa shape index (κ1) is 17.5. The van der Waals surface area contributed by atoms with Crippen LogP contribution in [-0.4, -0.2) is 10.7 Å². The minimum absolute atomic E-state index is 0.0854. The van der Waals surface area contributed by atoms with E-state index < -0.39 is 6.23 Å². The molecule has 3 nitrogen and oxygen atoms in total. The zero-order valence-corrected chi connectivity index (χ0v) is 16.2. The maximum atomic E-state index is 14.5. The van der Waals surface area contributed by atoms with Gasteiger partial charge in [0.05, 0.1) is 17.3 Å². The van der Waals surface area contributed by atoms with E-state index in [9.17, 15) is 4.39 Å². The van der Waals surface area contributed by atoms with E-state index in [1.54, 1.807) is 24.3 Å². The van der Waals surface area contributed by atoms with Crippen LogP contribution in [0.2, 0.25) is 10.0 Å². The second-order valence-electron chi connectivity index (χ2n) is 6.83. The number of fused-ring (bicyclic) bond motifs is 3. The van der Waals surface area contributed by atoms with E-state index in [0.29, 0.717) is 27.8 Å². The van der Waals surface area contributed by atoms with Crippen molar-refractivity contribution >= 4 is 28.9 Å². The molecule has 0 amide bonds. The maximum Gasteiger partial charge on any atom is 0.216 e. The molecule has 0 aliphatic carbocycles. The lowest BCUT2D eigenvalue weighted by molar-refractivity contribution is -0.0211. The van der Waals surface area contributed by atoms with Crippen molar-refractivity contribution in [3.8, 4) is 5.75 Å². The van der Waals surface area contributed by atoms with Crippen LogP contribution in [0, 0.1) is 5.82 Å². The fourth-order valence-corrected chi connectivity index (χ4v) is 4.06. The Hall–Kier alpha value is -2.56. The molecule has 0 saturated heterocycles. The van der Waals surface area contributed by atoms with E-state index in [-0.39, 0.29) is 11.9 Å². The first-order chi connectivity index (χ1) is 13.6. The topological polar surface area (TPSA) is 24.8 Å². The third-order valence-corrected chi connectivity index (χ3v) is 5.59. The minimum atomic E-state index is -0.648. The van der Waals surface area contributed by atoms with Crippen molar-refractivity contribution in [1.82, 2.24) is 5.01 Å². The van der Waals surface area contributed by atoms with Crippen LogP contribution in [0.5, 0.6) is 5.75 Å². The predicted molar refractivity (Wildman–Crippen MR) is 108 cm³/mol. The molecule has 6 heteroatoms. The summed E-state index contributed by atoms with van der Waals surface area (Å²) in [4.78, 5) is 0. The Labute approximate surface area is 172 Å². The Morgan fingerprint density at radius 1 is 0.929 bits per heavy atom. The molecule has 0 aromatic heterocycles. The quantitative estimate of drug-likeness (QED) is 0.487. The second kappa shape index (κ2) is 6.80.